The van der Waals surface area contributed by atoms with E-state index in [9.17, 15) is 9.59 Å². The van der Waals surface area contributed by atoms with Crippen molar-refractivity contribution >= 4 is 12.0 Å². The maximum atomic E-state index is 12.6. The highest BCUT2D eigenvalue weighted by molar-refractivity contribution is 5.79. The van der Waals surface area contributed by atoms with E-state index in [0.717, 1.165) is 51.4 Å². The van der Waals surface area contributed by atoms with Crippen LogP contribution in [-0.4, -0.2) is 47.7 Å². The molecule has 0 aromatic heterocycles. The molecule has 0 radical (unpaired) electrons. The first kappa shape index (κ1) is 20.0. The van der Waals surface area contributed by atoms with Gasteiger partial charge in [0.05, 0.1) is 0 Å². The van der Waals surface area contributed by atoms with Gasteiger partial charge in [0, 0.05) is 31.1 Å². The van der Waals surface area contributed by atoms with Crippen LogP contribution >= 0.6 is 0 Å². The Morgan fingerprint density at radius 2 is 1.68 bits per heavy atom. The van der Waals surface area contributed by atoms with Crippen LogP contribution < -0.4 is 11.1 Å². The first-order valence-corrected chi connectivity index (χ1v) is 9.78. The van der Waals surface area contributed by atoms with Crippen LogP contribution in [0.4, 0.5) is 4.79 Å². The van der Waals surface area contributed by atoms with E-state index in [-0.39, 0.29) is 24.0 Å². The summed E-state index contributed by atoms with van der Waals surface area (Å²) in [6.07, 6.45) is 7.66. The molecule has 0 spiro atoms. The fourth-order valence-corrected chi connectivity index (χ4v) is 3.66. The fraction of sp³-hybridized carbons (Fsp3) is 0.895. The molecule has 3 atom stereocenters. The molecule has 6 heteroatoms. The number of hydrogen-bond acceptors (Lipinski definition) is 4. The number of amides is 2. The van der Waals surface area contributed by atoms with Crippen LogP contribution in [0.2, 0.25) is 0 Å². The minimum atomic E-state index is -0.489. The topological polar surface area (TPSA) is 84.7 Å². The Hall–Kier alpha value is -1.30. The maximum Gasteiger partial charge on any atom is 0.410 e. The third-order valence-corrected chi connectivity index (χ3v) is 5.06. The average Bonchev–Trinajstić information content (AvgIpc) is 2.98. The van der Waals surface area contributed by atoms with Crippen molar-refractivity contribution in [3.8, 4) is 0 Å². The quantitative estimate of drug-likeness (QED) is 0.799. The van der Waals surface area contributed by atoms with Gasteiger partial charge in [-0.05, 0) is 52.9 Å². The van der Waals surface area contributed by atoms with Crippen LogP contribution in [-0.2, 0) is 9.53 Å². The first-order valence-electron chi connectivity index (χ1n) is 9.78. The summed E-state index contributed by atoms with van der Waals surface area (Å²) in [4.78, 5) is 26.5. The lowest BCUT2D eigenvalue weighted by molar-refractivity contribution is -0.126. The largest absolute Gasteiger partial charge is 0.444 e. The van der Waals surface area contributed by atoms with Crippen molar-refractivity contribution in [2.24, 2.45) is 11.7 Å². The van der Waals surface area contributed by atoms with E-state index in [1.807, 2.05) is 20.8 Å². The summed E-state index contributed by atoms with van der Waals surface area (Å²) >= 11 is 0. The van der Waals surface area contributed by atoms with E-state index >= 15 is 0 Å². The molecular formula is C19H35N3O3. The molecule has 1 saturated heterocycles. The van der Waals surface area contributed by atoms with Gasteiger partial charge < -0.3 is 20.7 Å². The van der Waals surface area contributed by atoms with Crippen LogP contribution in [0.25, 0.3) is 0 Å². The highest BCUT2D eigenvalue weighted by atomic mass is 16.6. The summed E-state index contributed by atoms with van der Waals surface area (Å²) in [5.74, 6) is 0.229. The Balaban J connectivity index is 1.79. The van der Waals surface area contributed by atoms with Gasteiger partial charge in [0.2, 0.25) is 5.91 Å². The number of ether oxygens (including phenoxy) is 1. The van der Waals surface area contributed by atoms with Gasteiger partial charge in [0.25, 0.3) is 0 Å². The van der Waals surface area contributed by atoms with Gasteiger partial charge in [-0.15, -0.1) is 0 Å². The zero-order valence-electron chi connectivity index (χ0n) is 16.1. The lowest BCUT2D eigenvalue weighted by atomic mass is 9.95. The molecule has 2 aliphatic rings. The Labute approximate surface area is 151 Å². The summed E-state index contributed by atoms with van der Waals surface area (Å²) in [5, 5.41) is 3.16. The summed E-state index contributed by atoms with van der Waals surface area (Å²) < 4.78 is 5.41. The normalized spacial score (nSPS) is 28.6. The second kappa shape index (κ2) is 8.88. The fourth-order valence-electron chi connectivity index (χ4n) is 3.66. The van der Waals surface area contributed by atoms with E-state index in [1.54, 1.807) is 4.90 Å². The van der Waals surface area contributed by atoms with Crippen LogP contribution in [0.15, 0.2) is 0 Å². The summed E-state index contributed by atoms with van der Waals surface area (Å²) in [6.45, 7) is 6.77. The summed E-state index contributed by atoms with van der Waals surface area (Å²) in [7, 11) is 0. The monoisotopic (exact) mass is 353 g/mol. The van der Waals surface area contributed by atoms with E-state index in [0.29, 0.717) is 19.1 Å². The molecule has 2 fully saturated rings. The molecule has 1 heterocycles. The molecule has 0 aromatic carbocycles. The van der Waals surface area contributed by atoms with Gasteiger partial charge in [-0.25, -0.2) is 4.79 Å². The number of carbonyl (C=O) groups is 2. The number of nitrogens with zero attached hydrogens (tertiary/aromatic N) is 1. The standard InChI is InChI=1S/C19H35N3O3/c1-19(2,3)25-18(24)22-12-11-16(13-22)21-17(23)14-7-4-5-9-15(20)10-6-8-14/h14-16H,4-13,20H2,1-3H3,(H,21,23)/t14?,15?,16-/m1/s1. The SMILES string of the molecule is CC(C)(C)OC(=O)N1CC[C@@H](NC(=O)C2CCCCC(N)CCC2)C1. The zero-order chi connectivity index (χ0) is 18.4. The van der Waals surface area contributed by atoms with Gasteiger partial charge in [0.15, 0.2) is 0 Å². The van der Waals surface area contributed by atoms with E-state index in [2.05, 4.69) is 5.32 Å². The number of nitrogens with one attached hydrogen (secondary N) is 1. The molecule has 6 nitrogen and oxygen atoms in total. The Kier molecular flexibility index (Phi) is 7.11. The molecular weight excluding hydrogens is 318 g/mol. The van der Waals surface area contributed by atoms with E-state index in [1.165, 1.54) is 0 Å². The van der Waals surface area contributed by atoms with Crippen molar-refractivity contribution in [1.82, 2.24) is 10.2 Å². The molecule has 1 saturated carbocycles. The van der Waals surface area contributed by atoms with Crippen LogP contribution in [0.3, 0.4) is 0 Å². The van der Waals surface area contributed by atoms with Gasteiger partial charge >= 0.3 is 6.09 Å². The van der Waals surface area contributed by atoms with Crippen molar-refractivity contribution in [2.45, 2.75) is 89.8 Å². The highest BCUT2D eigenvalue weighted by Gasteiger charge is 2.31. The van der Waals surface area contributed by atoms with Gasteiger partial charge in [0.1, 0.15) is 5.60 Å². The van der Waals surface area contributed by atoms with Gasteiger partial charge in [-0.1, -0.05) is 19.3 Å². The molecule has 0 bridgehead atoms. The minimum Gasteiger partial charge on any atom is -0.444 e. The molecule has 25 heavy (non-hydrogen) atoms. The summed E-state index contributed by atoms with van der Waals surface area (Å²) in [6, 6.07) is 0.328. The van der Waals surface area contributed by atoms with Gasteiger partial charge in [-0.2, -0.15) is 0 Å². The number of likely N-dealkylation sites (tertiary alicyclic amines) is 1. The second-order valence-corrected chi connectivity index (χ2v) is 8.59. The number of hydrogen-bond donors (Lipinski definition) is 2. The molecule has 2 unspecified atom stereocenters. The van der Waals surface area contributed by atoms with Crippen LogP contribution in [0.1, 0.15) is 72.1 Å². The van der Waals surface area contributed by atoms with Crippen LogP contribution in [0.5, 0.6) is 0 Å². The molecule has 2 amide bonds. The Morgan fingerprint density at radius 1 is 1.04 bits per heavy atom. The van der Waals surface area contributed by atoms with E-state index in [4.69, 9.17) is 10.5 Å². The zero-order valence-corrected chi connectivity index (χ0v) is 16.1. The highest BCUT2D eigenvalue weighted by Crippen LogP contribution is 2.23. The molecule has 3 N–H and O–H groups in total. The number of rotatable bonds is 2. The maximum absolute atomic E-state index is 12.6. The van der Waals surface area contributed by atoms with Crippen molar-refractivity contribution in [1.29, 1.82) is 0 Å². The smallest absolute Gasteiger partial charge is 0.410 e. The van der Waals surface area contributed by atoms with Crippen molar-refractivity contribution in [3.05, 3.63) is 0 Å². The third kappa shape index (κ3) is 6.84. The second-order valence-electron chi connectivity index (χ2n) is 8.59. The molecule has 0 aromatic rings. The number of carbonyl (C=O) groups excluding carboxylic acids is 2. The first-order chi connectivity index (χ1) is 11.7. The van der Waals surface area contributed by atoms with Crippen LogP contribution in [0, 0.1) is 5.92 Å². The lowest BCUT2D eigenvalue weighted by Crippen LogP contribution is -2.42. The molecule has 1 aliphatic carbocycles. The van der Waals surface area contributed by atoms with Crippen molar-refractivity contribution in [2.75, 3.05) is 13.1 Å². The van der Waals surface area contributed by atoms with Crippen molar-refractivity contribution < 1.29 is 14.3 Å². The average molecular weight is 354 g/mol. The Bertz CT molecular complexity index is 461. The lowest BCUT2D eigenvalue weighted by Gasteiger charge is -2.24. The minimum absolute atomic E-state index is 0.0369. The predicted octanol–water partition coefficient (Wildman–Crippen LogP) is 2.80. The molecule has 1 aliphatic heterocycles. The predicted molar refractivity (Wildman–Crippen MR) is 98.1 cm³/mol. The Morgan fingerprint density at radius 3 is 2.40 bits per heavy atom. The summed E-state index contributed by atoms with van der Waals surface area (Å²) in [5.41, 5.74) is 5.58. The van der Waals surface area contributed by atoms with Crippen molar-refractivity contribution in [3.63, 3.8) is 0 Å². The number of nitrogens with two attached hydrogens (primary N) is 1. The van der Waals surface area contributed by atoms with E-state index < -0.39 is 5.60 Å². The molecule has 2 rings (SSSR count). The third-order valence-electron chi connectivity index (χ3n) is 5.06. The van der Waals surface area contributed by atoms with Gasteiger partial charge in [-0.3, -0.25) is 4.79 Å². The molecule has 144 valence electrons.